The third-order valence-electron chi connectivity index (χ3n) is 4.20. The van der Waals surface area contributed by atoms with E-state index in [2.05, 4.69) is 4.98 Å². The molecule has 3 rings (SSSR count). The first kappa shape index (κ1) is 17.0. The van der Waals surface area contributed by atoms with Gasteiger partial charge in [-0.1, -0.05) is 42.1 Å². The summed E-state index contributed by atoms with van der Waals surface area (Å²) in [5.74, 6) is -0.243. The van der Waals surface area contributed by atoms with Gasteiger partial charge in [0.2, 0.25) is 0 Å². The second-order valence-electron chi connectivity index (χ2n) is 5.88. The summed E-state index contributed by atoms with van der Waals surface area (Å²) in [5.41, 5.74) is 4.39. The van der Waals surface area contributed by atoms with E-state index in [1.807, 2.05) is 44.2 Å². The zero-order valence-corrected chi connectivity index (χ0v) is 14.9. The number of rotatable bonds is 5. The normalized spacial score (nSPS) is 14.8. The van der Waals surface area contributed by atoms with Crippen molar-refractivity contribution in [2.24, 2.45) is 0 Å². The molecule has 126 valence electrons. The van der Waals surface area contributed by atoms with Crippen molar-refractivity contribution in [3.8, 4) is 0 Å². The summed E-state index contributed by atoms with van der Waals surface area (Å²) >= 11 is 1.38. The molecule has 1 aromatic carbocycles. The number of fused-ring (bicyclic) bond motifs is 1. The largest absolute Gasteiger partial charge is 0.465 e. The zero-order valence-electron chi connectivity index (χ0n) is 14.1. The maximum absolute atomic E-state index is 12.4. The first-order valence-corrected chi connectivity index (χ1v) is 9.31. The van der Waals surface area contributed by atoms with Crippen LogP contribution in [-0.2, 0) is 22.4 Å². The highest BCUT2D eigenvalue weighted by atomic mass is 32.2. The Labute approximate surface area is 147 Å². The van der Waals surface area contributed by atoms with Crippen molar-refractivity contribution in [2.75, 3.05) is 6.61 Å². The number of nitrogens with zero attached hydrogens (tertiary/aromatic N) is 2. The number of carbonyl (C=O) groups is 1. The van der Waals surface area contributed by atoms with Gasteiger partial charge in [-0.3, -0.25) is 4.79 Å². The number of aryl methyl sites for hydroxylation is 2. The number of benzene rings is 1. The van der Waals surface area contributed by atoms with Gasteiger partial charge in [-0.25, -0.2) is 9.97 Å². The van der Waals surface area contributed by atoms with E-state index in [1.54, 1.807) is 0 Å². The molecular formula is C19H22N2O2S. The Morgan fingerprint density at radius 3 is 2.71 bits per heavy atom. The Bertz CT molecular complexity index is 719. The Kier molecular flexibility index (Phi) is 5.51. The van der Waals surface area contributed by atoms with E-state index < -0.39 is 5.25 Å². The quantitative estimate of drug-likeness (QED) is 0.466. The van der Waals surface area contributed by atoms with Crippen LogP contribution in [0.5, 0.6) is 0 Å². The van der Waals surface area contributed by atoms with Gasteiger partial charge in [0.15, 0.2) is 5.16 Å². The van der Waals surface area contributed by atoms with Crippen molar-refractivity contribution in [2.45, 2.75) is 49.9 Å². The summed E-state index contributed by atoms with van der Waals surface area (Å²) in [7, 11) is 0. The highest BCUT2D eigenvalue weighted by molar-refractivity contribution is 8.00. The highest BCUT2D eigenvalue weighted by Gasteiger charge is 2.26. The lowest BCUT2D eigenvalue weighted by Gasteiger charge is -2.19. The number of aromatic nitrogens is 2. The molecule has 0 N–H and O–H groups in total. The number of hydrogen-bond acceptors (Lipinski definition) is 5. The molecule has 4 nitrogen and oxygen atoms in total. The monoisotopic (exact) mass is 342 g/mol. The van der Waals surface area contributed by atoms with Crippen LogP contribution >= 0.6 is 11.8 Å². The summed E-state index contributed by atoms with van der Waals surface area (Å²) in [6.07, 6.45) is 4.44. The topological polar surface area (TPSA) is 52.1 Å². The molecular weight excluding hydrogens is 320 g/mol. The predicted octanol–water partition coefficient (Wildman–Crippen LogP) is 4.06. The minimum Gasteiger partial charge on any atom is -0.465 e. The fourth-order valence-corrected chi connectivity index (χ4v) is 4.03. The first-order valence-electron chi connectivity index (χ1n) is 8.43. The molecule has 1 aromatic heterocycles. The van der Waals surface area contributed by atoms with E-state index in [9.17, 15) is 4.79 Å². The van der Waals surface area contributed by atoms with E-state index in [1.165, 1.54) is 30.2 Å². The average Bonchev–Trinajstić information content (AvgIpc) is 2.61. The lowest BCUT2D eigenvalue weighted by Crippen LogP contribution is -2.15. The summed E-state index contributed by atoms with van der Waals surface area (Å²) in [6.45, 7) is 4.23. The summed E-state index contributed by atoms with van der Waals surface area (Å²) in [4.78, 5) is 21.8. The van der Waals surface area contributed by atoms with Crippen molar-refractivity contribution in [3.63, 3.8) is 0 Å². The van der Waals surface area contributed by atoms with Gasteiger partial charge in [0.1, 0.15) is 5.25 Å². The number of carbonyl (C=O) groups excluding carboxylic acids is 1. The lowest BCUT2D eigenvalue weighted by atomic mass is 9.95. The Morgan fingerprint density at radius 2 is 1.96 bits per heavy atom. The molecule has 0 saturated carbocycles. The molecule has 0 spiro atoms. The fourth-order valence-electron chi connectivity index (χ4n) is 3.01. The SMILES string of the molecule is CCOC(=O)[C@@H](Sc1nc(C)c2c(n1)CCCC2)c1ccccc1. The van der Waals surface area contributed by atoms with Crippen molar-refractivity contribution < 1.29 is 9.53 Å². The van der Waals surface area contributed by atoms with Gasteiger partial charge in [-0.05, 0) is 50.7 Å². The third-order valence-corrected chi connectivity index (χ3v) is 5.29. The minimum atomic E-state index is -0.438. The highest BCUT2D eigenvalue weighted by Crippen LogP contribution is 2.35. The van der Waals surface area contributed by atoms with E-state index in [4.69, 9.17) is 9.72 Å². The number of hydrogen-bond donors (Lipinski definition) is 0. The zero-order chi connectivity index (χ0) is 16.9. The van der Waals surface area contributed by atoms with Crippen LogP contribution in [0.4, 0.5) is 0 Å². The molecule has 0 fully saturated rings. The Hall–Kier alpha value is -1.88. The molecule has 0 radical (unpaired) electrons. The van der Waals surface area contributed by atoms with Crippen molar-refractivity contribution in [3.05, 3.63) is 52.8 Å². The summed E-state index contributed by atoms with van der Waals surface area (Å²) in [5, 5.41) is 0.224. The third kappa shape index (κ3) is 3.78. The van der Waals surface area contributed by atoms with Crippen molar-refractivity contribution in [1.29, 1.82) is 0 Å². The van der Waals surface area contributed by atoms with Gasteiger partial charge in [0, 0.05) is 11.4 Å². The number of thioether (sulfide) groups is 1. The van der Waals surface area contributed by atoms with Crippen LogP contribution in [0.15, 0.2) is 35.5 Å². The van der Waals surface area contributed by atoms with Crippen molar-refractivity contribution in [1.82, 2.24) is 9.97 Å². The van der Waals surface area contributed by atoms with Crippen LogP contribution in [-0.4, -0.2) is 22.5 Å². The second kappa shape index (κ2) is 7.79. The Balaban J connectivity index is 1.90. The van der Waals surface area contributed by atoms with E-state index in [-0.39, 0.29) is 5.97 Å². The number of ether oxygens (including phenoxy) is 1. The smallest absolute Gasteiger partial charge is 0.324 e. The molecule has 24 heavy (non-hydrogen) atoms. The molecule has 0 bridgehead atoms. The molecule has 0 amide bonds. The average molecular weight is 342 g/mol. The summed E-state index contributed by atoms with van der Waals surface area (Å²) in [6, 6.07) is 9.69. The molecule has 2 aromatic rings. The molecule has 1 aliphatic rings. The lowest BCUT2D eigenvalue weighted by molar-refractivity contribution is -0.142. The molecule has 0 unspecified atom stereocenters. The van der Waals surface area contributed by atoms with Crippen LogP contribution in [0.2, 0.25) is 0 Å². The van der Waals surface area contributed by atoms with Crippen LogP contribution in [0.25, 0.3) is 0 Å². The van der Waals surface area contributed by atoms with Gasteiger partial charge in [-0.15, -0.1) is 0 Å². The standard InChI is InChI=1S/C19H22N2O2S/c1-3-23-18(22)17(14-9-5-4-6-10-14)24-19-20-13(2)15-11-7-8-12-16(15)21-19/h4-6,9-10,17H,3,7-8,11-12H2,1-2H3/t17-/m0/s1. The van der Waals surface area contributed by atoms with Gasteiger partial charge < -0.3 is 4.74 Å². The molecule has 1 aliphatic carbocycles. The van der Waals surface area contributed by atoms with E-state index >= 15 is 0 Å². The second-order valence-corrected chi connectivity index (χ2v) is 6.96. The van der Waals surface area contributed by atoms with Gasteiger partial charge in [0.25, 0.3) is 0 Å². The molecule has 0 saturated heterocycles. The van der Waals surface area contributed by atoms with Gasteiger partial charge >= 0.3 is 5.97 Å². The van der Waals surface area contributed by atoms with E-state index in [0.29, 0.717) is 11.8 Å². The maximum atomic E-state index is 12.4. The molecule has 1 heterocycles. The van der Waals surface area contributed by atoms with E-state index in [0.717, 1.165) is 29.8 Å². The first-order chi connectivity index (χ1) is 11.7. The van der Waals surface area contributed by atoms with Crippen molar-refractivity contribution >= 4 is 17.7 Å². The van der Waals surface area contributed by atoms with Crippen LogP contribution in [0, 0.1) is 6.92 Å². The van der Waals surface area contributed by atoms with Crippen LogP contribution in [0.1, 0.15) is 47.5 Å². The maximum Gasteiger partial charge on any atom is 0.324 e. The predicted molar refractivity (Wildman–Crippen MR) is 95.1 cm³/mol. The van der Waals surface area contributed by atoms with Gasteiger partial charge in [0.05, 0.1) is 6.61 Å². The Morgan fingerprint density at radius 1 is 1.21 bits per heavy atom. The van der Waals surface area contributed by atoms with Crippen LogP contribution in [0.3, 0.4) is 0 Å². The fraction of sp³-hybridized carbons (Fsp3) is 0.421. The van der Waals surface area contributed by atoms with Crippen LogP contribution < -0.4 is 0 Å². The summed E-state index contributed by atoms with van der Waals surface area (Å²) < 4.78 is 5.26. The number of esters is 1. The van der Waals surface area contributed by atoms with Gasteiger partial charge in [-0.2, -0.15) is 0 Å². The molecule has 1 atom stereocenters. The molecule has 0 aliphatic heterocycles. The minimum absolute atomic E-state index is 0.243. The molecule has 5 heteroatoms.